The first-order chi connectivity index (χ1) is 8.60. The second kappa shape index (κ2) is 4.46. The van der Waals surface area contributed by atoms with Crippen molar-refractivity contribution in [3.05, 3.63) is 34.7 Å². The average Bonchev–Trinajstić information content (AvgIpc) is 2.24. The lowest BCUT2D eigenvalue weighted by atomic mass is 10.2. The number of fused-ring (bicyclic) bond motifs is 1. The molecular weight excluding hydrogens is 268 g/mol. The monoisotopic (exact) mass is 290 g/mol. The van der Waals surface area contributed by atoms with Crippen LogP contribution >= 0.6 is 0 Å². The predicted octanol–water partition coefficient (Wildman–Crippen LogP) is 2.88. The molecule has 0 aliphatic heterocycles. The van der Waals surface area contributed by atoms with Crippen molar-refractivity contribution in [2.75, 3.05) is 0 Å². The Morgan fingerprint density at radius 1 is 0.842 bits per heavy atom. The molecule has 0 N–H and O–H groups in total. The molecule has 0 saturated carbocycles. The molecule has 0 bridgehead atoms. The van der Waals surface area contributed by atoms with E-state index in [1.54, 1.807) is 0 Å². The van der Waals surface area contributed by atoms with Gasteiger partial charge in [0.25, 0.3) is 0 Å². The molecule has 0 aliphatic rings. The molecule has 1 aromatic heterocycles. The summed E-state index contributed by atoms with van der Waals surface area (Å²) in [5.74, 6) is 0. The van der Waals surface area contributed by atoms with Crippen LogP contribution in [0.1, 0.15) is 0 Å². The summed E-state index contributed by atoms with van der Waals surface area (Å²) < 4.78 is 5.56. The number of rotatable bonds is 2. The molecule has 102 valence electrons. The van der Waals surface area contributed by atoms with Crippen molar-refractivity contribution in [3.8, 4) is 0 Å². The van der Waals surface area contributed by atoms with E-state index in [4.69, 9.17) is 4.42 Å². The van der Waals surface area contributed by atoms with Gasteiger partial charge in [-0.15, -0.1) is 0 Å². The van der Waals surface area contributed by atoms with Crippen molar-refractivity contribution >= 4 is 37.5 Å². The highest BCUT2D eigenvalue weighted by molar-refractivity contribution is 6.99. The van der Waals surface area contributed by atoms with E-state index in [0.717, 1.165) is 11.0 Å². The van der Waals surface area contributed by atoms with Gasteiger partial charge in [-0.1, -0.05) is 56.6 Å². The van der Waals surface area contributed by atoms with E-state index in [0.29, 0.717) is 0 Å². The fourth-order valence-corrected chi connectivity index (χ4v) is 7.97. The third kappa shape index (κ3) is 2.74. The average molecular weight is 291 g/mol. The van der Waals surface area contributed by atoms with Gasteiger partial charge in [0.2, 0.25) is 0 Å². The van der Waals surface area contributed by atoms with E-state index in [1.807, 2.05) is 6.07 Å². The van der Waals surface area contributed by atoms with Crippen LogP contribution < -0.4 is 16.0 Å². The van der Waals surface area contributed by atoms with E-state index < -0.39 is 16.1 Å². The Morgan fingerprint density at radius 2 is 1.42 bits per heavy atom. The SMILES string of the molecule is C[Si](C)(C)c1ccc2ccc(=O)oc2c1[Si](C)(C)C. The van der Waals surface area contributed by atoms with Gasteiger partial charge in [-0.25, -0.2) is 4.79 Å². The molecular formula is C15H22O2Si2. The summed E-state index contributed by atoms with van der Waals surface area (Å²) in [5.41, 5.74) is 0.575. The van der Waals surface area contributed by atoms with Gasteiger partial charge >= 0.3 is 5.63 Å². The number of benzene rings is 1. The van der Waals surface area contributed by atoms with Crippen LogP contribution in [0.5, 0.6) is 0 Å². The molecule has 0 atom stereocenters. The zero-order valence-electron chi connectivity index (χ0n) is 12.6. The summed E-state index contributed by atoms with van der Waals surface area (Å²) in [6.45, 7) is 14.0. The standard InChI is InChI=1S/C15H22O2Si2/c1-18(2,3)12-9-7-11-8-10-13(16)17-14(11)15(12)19(4,5)6/h7-10H,1-6H3. The summed E-state index contributed by atoms with van der Waals surface area (Å²) in [5, 5.41) is 3.81. The summed E-state index contributed by atoms with van der Waals surface area (Å²) in [4.78, 5) is 11.6. The predicted molar refractivity (Wildman–Crippen MR) is 88.4 cm³/mol. The minimum Gasteiger partial charge on any atom is -0.423 e. The minimum atomic E-state index is -1.57. The summed E-state index contributed by atoms with van der Waals surface area (Å²) in [6, 6.07) is 7.72. The Hall–Kier alpha value is -1.14. The lowest BCUT2D eigenvalue weighted by molar-refractivity contribution is 0.563. The third-order valence-electron chi connectivity index (χ3n) is 3.35. The normalized spacial score (nSPS) is 12.9. The van der Waals surface area contributed by atoms with Crippen LogP contribution in [0.25, 0.3) is 11.0 Å². The molecule has 2 nitrogen and oxygen atoms in total. The van der Waals surface area contributed by atoms with Crippen LogP contribution in [0.2, 0.25) is 39.3 Å². The molecule has 2 aromatic rings. The fraction of sp³-hybridized carbons (Fsp3) is 0.400. The molecule has 0 saturated heterocycles. The molecule has 0 fully saturated rings. The highest BCUT2D eigenvalue weighted by atomic mass is 28.3. The highest BCUT2D eigenvalue weighted by Crippen LogP contribution is 2.16. The van der Waals surface area contributed by atoms with Crippen LogP contribution in [-0.2, 0) is 0 Å². The molecule has 1 heterocycles. The topological polar surface area (TPSA) is 30.2 Å². The summed E-state index contributed by atoms with van der Waals surface area (Å²) >= 11 is 0. The Labute approximate surface area is 116 Å². The van der Waals surface area contributed by atoms with Gasteiger partial charge in [0.15, 0.2) is 0 Å². The lowest BCUT2D eigenvalue weighted by Crippen LogP contribution is -2.56. The first-order valence-electron chi connectivity index (χ1n) is 6.68. The molecule has 2 rings (SSSR count). The van der Waals surface area contributed by atoms with Crippen molar-refractivity contribution in [1.82, 2.24) is 0 Å². The molecule has 19 heavy (non-hydrogen) atoms. The molecule has 0 radical (unpaired) electrons. The molecule has 4 heteroatoms. The van der Waals surface area contributed by atoms with Crippen molar-refractivity contribution in [3.63, 3.8) is 0 Å². The van der Waals surface area contributed by atoms with Gasteiger partial charge in [0.05, 0.1) is 16.1 Å². The van der Waals surface area contributed by atoms with Crippen molar-refractivity contribution in [1.29, 1.82) is 0 Å². The van der Waals surface area contributed by atoms with Gasteiger partial charge < -0.3 is 4.42 Å². The zero-order valence-corrected chi connectivity index (χ0v) is 14.6. The van der Waals surface area contributed by atoms with E-state index in [2.05, 4.69) is 51.4 Å². The van der Waals surface area contributed by atoms with E-state index in [9.17, 15) is 4.79 Å². The van der Waals surface area contributed by atoms with Crippen LogP contribution in [0.4, 0.5) is 0 Å². The van der Waals surface area contributed by atoms with Crippen molar-refractivity contribution < 1.29 is 4.42 Å². The maximum atomic E-state index is 11.6. The Morgan fingerprint density at radius 3 is 1.95 bits per heavy atom. The van der Waals surface area contributed by atoms with Crippen LogP contribution in [0, 0.1) is 0 Å². The number of hydrogen-bond acceptors (Lipinski definition) is 2. The molecule has 0 unspecified atom stereocenters. The van der Waals surface area contributed by atoms with E-state index in [-0.39, 0.29) is 5.63 Å². The fourth-order valence-electron chi connectivity index (χ4n) is 2.50. The second-order valence-electron chi connectivity index (χ2n) is 7.16. The van der Waals surface area contributed by atoms with Gasteiger partial charge in [-0.2, -0.15) is 0 Å². The van der Waals surface area contributed by atoms with Crippen LogP contribution in [-0.4, -0.2) is 16.1 Å². The minimum absolute atomic E-state index is 0.250. The Bertz CT molecular complexity index is 673. The molecule has 0 aliphatic carbocycles. The zero-order chi connectivity index (χ0) is 14.4. The van der Waals surface area contributed by atoms with Crippen LogP contribution in [0.3, 0.4) is 0 Å². The molecule has 0 amide bonds. The van der Waals surface area contributed by atoms with Crippen LogP contribution in [0.15, 0.2) is 33.5 Å². The van der Waals surface area contributed by atoms with Crippen molar-refractivity contribution in [2.45, 2.75) is 39.3 Å². The van der Waals surface area contributed by atoms with Gasteiger partial charge in [0, 0.05) is 11.5 Å². The smallest absolute Gasteiger partial charge is 0.336 e. The Balaban J connectivity index is 2.97. The van der Waals surface area contributed by atoms with Crippen molar-refractivity contribution in [2.24, 2.45) is 0 Å². The molecule has 1 aromatic carbocycles. The largest absolute Gasteiger partial charge is 0.423 e. The second-order valence-corrected chi connectivity index (χ2v) is 17.2. The van der Waals surface area contributed by atoms with E-state index >= 15 is 0 Å². The van der Waals surface area contributed by atoms with Gasteiger partial charge in [-0.3, -0.25) is 0 Å². The summed E-state index contributed by atoms with van der Waals surface area (Å²) in [6.07, 6.45) is 0. The third-order valence-corrected chi connectivity index (χ3v) is 7.63. The maximum absolute atomic E-state index is 11.6. The summed E-state index contributed by atoms with van der Waals surface area (Å²) in [7, 11) is -3.02. The quantitative estimate of drug-likeness (QED) is 0.629. The maximum Gasteiger partial charge on any atom is 0.336 e. The lowest BCUT2D eigenvalue weighted by Gasteiger charge is -2.28. The first kappa shape index (κ1) is 14.3. The van der Waals surface area contributed by atoms with Gasteiger partial charge in [0.1, 0.15) is 5.58 Å². The highest BCUT2D eigenvalue weighted by Gasteiger charge is 2.30. The first-order valence-corrected chi connectivity index (χ1v) is 13.7. The number of hydrogen-bond donors (Lipinski definition) is 0. The van der Waals surface area contributed by atoms with E-state index in [1.165, 1.54) is 16.4 Å². The van der Waals surface area contributed by atoms with Gasteiger partial charge in [-0.05, 0) is 11.3 Å². The Kier molecular flexibility index (Phi) is 3.35. The molecule has 0 spiro atoms.